The second kappa shape index (κ2) is 7.63. The van der Waals surface area contributed by atoms with Crippen LogP contribution in [0.1, 0.15) is 37.0 Å². The SMILES string of the molecule is CCCc1ccc(C(O)CN2CCCOCC2)cc1. The molecule has 0 radical (unpaired) electrons. The van der Waals surface area contributed by atoms with Crippen molar-refractivity contribution in [2.24, 2.45) is 0 Å². The van der Waals surface area contributed by atoms with E-state index in [1.807, 2.05) is 0 Å². The lowest BCUT2D eigenvalue weighted by atomic mass is 10.0. The van der Waals surface area contributed by atoms with Crippen LogP contribution in [0.4, 0.5) is 0 Å². The Balaban J connectivity index is 1.89. The first-order valence-electron chi connectivity index (χ1n) is 7.36. The summed E-state index contributed by atoms with van der Waals surface area (Å²) in [6, 6.07) is 8.38. The number of nitrogens with zero attached hydrogens (tertiary/aromatic N) is 1. The third-order valence-corrected chi connectivity index (χ3v) is 3.65. The number of benzene rings is 1. The normalized spacial score (nSPS) is 19.1. The van der Waals surface area contributed by atoms with E-state index in [9.17, 15) is 5.11 Å². The molecule has 1 aromatic carbocycles. The molecule has 1 aromatic rings. The van der Waals surface area contributed by atoms with Crippen molar-refractivity contribution in [3.8, 4) is 0 Å². The van der Waals surface area contributed by atoms with Crippen molar-refractivity contribution in [3.05, 3.63) is 35.4 Å². The summed E-state index contributed by atoms with van der Waals surface area (Å²) in [5, 5.41) is 10.3. The monoisotopic (exact) mass is 263 g/mol. The van der Waals surface area contributed by atoms with E-state index >= 15 is 0 Å². The number of β-amino-alcohol motifs (C(OH)–C–C–N with tert-alkyl or cyclic N) is 1. The largest absolute Gasteiger partial charge is 0.387 e. The summed E-state index contributed by atoms with van der Waals surface area (Å²) in [4.78, 5) is 2.29. The van der Waals surface area contributed by atoms with E-state index in [1.165, 1.54) is 5.56 Å². The molecule has 0 bridgehead atoms. The van der Waals surface area contributed by atoms with Crippen LogP contribution in [-0.4, -0.2) is 42.9 Å². The van der Waals surface area contributed by atoms with Crippen molar-refractivity contribution in [1.29, 1.82) is 0 Å². The lowest BCUT2D eigenvalue weighted by molar-refractivity contribution is 0.103. The first kappa shape index (κ1) is 14.5. The van der Waals surface area contributed by atoms with Crippen molar-refractivity contribution < 1.29 is 9.84 Å². The summed E-state index contributed by atoms with van der Waals surface area (Å²) < 4.78 is 5.43. The third kappa shape index (κ3) is 4.60. The number of aliphatic hydroxyl groups is 1. The fourth-order valence-electron chi connectivity index (χ4n) is 2.53. The lowest BCUT2D eigenvalue weighted by Crippen LogP contribution is -2.31. The van der Waals surface area contributed by atoms with Crippen molar-refractivity contribution >= 4 is 0 Å². The molecule has 1 fully saturated rings. The summed E-state index contributed by atoms with van der Waals surface area (Å²) >= 11 is 0. The highest BCUT2D eigenvalue weighted by molar-refractivity contribution is 5.24. The number of ether oxygens (including phenoxy) is 1. The molecule has 106 valence electrons. The first-order valence-corrected chi connectivity index (χ1v) is 7.36. The first-order chi connectivity index (χ1) is 9.29. The van der Waals surface area contributed by atoms with Gasteiger partial charge in [-0.05, 0) is 24.0 Å². The van der Waals surface area contributed by atoms with Gasteiger partial charge in [0.25, 0.3) is 0 Å². The van der Waals surface area contributed by atoms with Gasteiger partial charge in [-0.25, -0.2) is 0 Å². The molecule has 19 heavy (non-hydrogen) atoms. The van der Waals surface area contributed by atoms with E-state index in [4.69, 9.17) is 4.74 Å². The van der Waals surface area contributed by atoms with Crippen molar-refractivity contribution in [2.75, 3.05) is 32.8 Å². The molecule has 0 spiro atoms. The molecule has 1 saturated heterocycles. The topological polar surface area (TPSA) is 32.7 Å². The van der Waals surface area contributed by atoms with Crippen LogP contribution in [0.3, 0.4) is 0 Å². The van der Waals surface area contributed by atoms with Crippen LogP contribution in [-0.2, 0) is 11.2 Å². The minimum atomic E-state index is -0.395. The summed E-state index contributed by atoms with van der Waals surface area (Å²) in [7, 11) is 0. The maximum atomic E-state index is 10.3. The maximum Gasteiger partial charge on any atom is 0.0916 e. The molecule has 1 unspecified atom stereocenters. The molecule has 0 aliphatic carbocycles. The Bertz CT molecular complexity index is 356. The van der Waals surface area contributed by atoms with Gasteiger partial charge in [-0.1, -0.05) is 37.6 Å². The maximum absolute atomic E-state index is 10.3. The zero-order valence-corrected chi connectivity index (χ0v) is 11.8. The summed E-state index contributed by atoms with van der Waals surface area (Å²) in [5.74, 6) is 0. The Kier molecular flexibility index (Phi) is 5.83. The molecule has 1 N–H and O–H groups in total. The predicted molar refractivity (Wildman–Crippen MR) is 77.3 cm³/mol. The predicted octanol–water partition coefficient (Wildman–Crippen LogP) is 2.39. The Labute approximate surface area is 116 Å². The molecular formula is C16H25NO2. The molecule has 1 atom stereocenters. The quantitative estimate of drug-likeness (QED) is 0.885. The summed E-state index contributed by atoms with van der Waals surface area (Å²) in [6.07, 6.45) is 2.94. The Morgan fingerprint density at radius 3 is 2.74 bits per heavy atom. The molecular weight excluding hydrogens is 238 g/mol. The second-order valence-electron chi connectivity index (χ2n) is 5.27. The van der Waals surface area contributed by atoms with Crippen LogP contribution in [0.25, 0.3) is 0 Å². The number of hydrogen-bond donors (Lipinski definition) is 1. The Hall–Kier alpha value is -0.900. The molecule has 1 aliphatic rings. The Morgan fingerprint density at radius 2 is 2.00 bits per heavy atom. The smallest absolute Gasteiger partial charge is 0.0916 e. The average molecular weight is 263 g/mol. The summed E-state index contributed by atoms with van der Waals surface area (Å²) in [6.45, 7) is 6.46. The van der Waals surface area contributed by atoms with Gasteiger partial charge in [0.05, 0.1) is 12.7 Å². The van der Waals surface area contributed by atoms with Gasteiger partial charge < -0.3 is 9.84 Å². The number of aryl methyl sites for hydroxylation is 1. The van der Waals surface area contributed by atoms with Crippen LogP contribution in [0, 0.1) is 0 Å². The van der Waals surface area contributed by atoms with E-state index in [-0.39, 0.29) is 0 Å². The summed E-state index contributed by atoms with van der Waals surface area (Å²) in [5.41, 5.74) is 2.37. The molecule has 1 aliphatic heterocycles. The van der Waals surface area contributed by atoms with Crippen LogP contribution < -0.4 is 0 Å². The van der Waals surface area contributed by atoms with E-state index < -0.39 is 6.10 Å². The van der Waals surface area contributed by atoms with Gasteiger partial charge >= 0.3 is 0 Å². The third-order valence-electron chi connectivity index (χ3n) is 3.65. The van der Waals surface area contributed by atoms with Crippen molar-refractivity contribution in [1.82, 2.24) is 4.90 Å². The highest BCUT2D eigenvalue weighted by Gasteiger charge is 2.15. The molecule has 0 saturated carbocycles. The van der Waals surface area contributed by atoms with Gasteiger partial charge in [0.2, 0.25) is 0 Å². The van der Waals surface area contributed by atoms with Gasteiger partial charge in [-0.3, -0.25) is 4.90 Å². The molecule has 0 aromatic heterocycles. The Morgan fingerprint density at radius 1 is 1.21 bits per heavy atom. The number of hydrogen-bond acceptors (Lipinski definition) is 3. The molecule has 3 heteroatoms. The van der Waals surface area contributed by atoms with Crippen LogP contribution in [0.5, 0.6) is 0 Å². The van der Waals surface area contributed by atoms with E-state index in [0.29, 0.717) is 6.54 Å². The van der Waals surface area contributed by atoms with Crippen LogP contribution >= 0.6 is 0 Å². The van der Waals surface area contributed by atoms with Crippen molar-refractivity contribution in [3.63, 3.8) is 0 Å². The minimum Gasteiger partial charge on any atom is -0.387 e. The van der Waals surface area contributed by atoms with Gasteiger partial charge in [0.1, 0.15) is 0 Å². The molecule has 0 amide bonds. The average Bonchev–Trinajstić information content (AvgIpc) is 2.68. The minimum absolute atomic E-state index is 0.395. The van der Waals surface area contributed by atoms with Gasteiger partial charge in [0, 0.05) is 26.2 Å². The zero-order chi connectivity index (χ0) is 13.5. The fourth-order valence-corrected chi connectivity index (χ4v) is 2.53. The second-order valence-corrected chi connectivity index (χ2v) is 5.27. The molecule has 2 rings (SSSR count). The molecule has 1 heterocycles. The van der Waals surface area contributed by atoms with E-state index in [0.717, 1.165) is 51.1 Å². The van der Waals surface area contributed by atoms with Crippen LogP contribution in [0.15, 0.2) is 24.3 Å². The fraction of sp³-hybridized carbons (Fsp3) is 0.625. The lowest BCUT2D eigenvalue weighted by Gasteiger charge is -2.22. The van der Waals surface area contributed by atoms with Gasteiger partial charge in [-0.2, -0.15) is 0 Å². The van der Waals surface area contributed by atoms with E-state index in [1.54, 1.807) is 0 Å². The number of aliphatic hydroxyl groups excluding tert-OH is 1. The highest BCUT2D eigenvalue weighted by Crippen LogP contribution is 2.16. The standard InChI is InChI=1S/C16H25NO2/c1-2-4-14-5-7-15(8-6-14)16(18)13-17-9-3-11-19-12-10-17/h5-8,16,18H,2-4,9-13H2,1H3. The van der Waals surface area contributed by atoms with Crippen molar-refractivity contribution in [2.45, 2.75) is 32.3 Å². The zero-order valence-electron chi connectivity index (χ0n) is 11.8. The number of rotatable bonds is 5. The van der Waals surface area contributed by atoms with E-state index in [2.05, 4.69) is 36.1 Å². The van der Waals surface area contributed by atoms with Gasteiger partial charge in [0.15, 0.2) is 0 Å². The highest BCUT2D eigenvalue weighted by atomic mass is 16.5. The van der Waals surface area contributed by atoms with Crippen LogP contribution in [0.2, 0.25) is 0 Å². The van der Waals surface area contributed by atoms with Gasteiger partial charge in [-0.15, -0.1) is 0 Å². The molecule has 3 nitrogen and oxygen atoms in total.